The van der Waals surface area contributed by atoms with Crippen molar-refractivity contribution in [2.24, 2.45) is 5.92 Å². The maximum Gasteiger partial charge on any atom is 0.224 e. The van der Waals surface area contributed by atoms with Crippen LogP contribution in [0.2, 0.25) is 0 Å². The van der Waals surface area contributed by atoms with E-state index < -0.39 is 0 Å². The van der Waals surface area contributed by atoms with Gasteiger partial charge in [0.2, 0.25) is 5.69 Å². The summed E-state index contributed by atoms with van der Waals surface area (Å²) >= 11 is 1.88. The Morgan fingerprint density at radius 3 is 2.76 bits per heavy atom. The fourth-order valence-corrected chi connectivity index (χ4v) is 3.91. The number of aromatic nitrogens is 1. The fraction of sp³-hybridized carbons (Fsp3) is 0.278. The third kappa shape index (κ3) is 2.70. The van der Waals surface area contributed by atoms with E-state index in [-0.39, 0.29) is 0 Å². The first kappa shape index (κ1) is 14.2. The molecule has 1 unspecified atom stereocenters. The Kier molecular flexibility index (Phi) is 4.02. The van der Waals surface area contributed by atoms with E-state index in [9.17, 15) is 5.21 Å². The van der Waals surface area contributed by atoms with Crippen molar-refractivity contribution in [1.82, 2.24) is 0 Å². The Morgan fingerprint density at radius 2 is 2.00 bits per heavy atom. The quantitative estimate of drug-likeness (QED) is 0.625. The Balaban J connectivity index is 2.17. The lowest BCUT2D eigenvalue weighted by atomic mass is 9.86. The molecule has 0 radical (unpaired) electrons. The second kappa shape index (κ2) is 5.94. The monoisotopic (exact) mass is 297 g/mol. The molecule has 0 saturated heterocycles. The van der Waals surface area contributed by atoms with Crippen molar-refractivity contribution in [2.75, 3.05) is 5.75 Å². The van der Waals surface area contributed by atoms with E-state index in [2.05, 4.69) is 38.1 Å². The summed E-state index contributed by atoms with van der Waals surface area (Å²) in [4.78, 5) is 1.35. The normalized spacial score (nSPS) is 17.2. The minimum atomic E-state index is 0.511. The maximum atomic E-state index is 12.1. The van der Waals surface area contributed by atoms with E-state index in [1.54, 1.807) is 12.3 Å². The van der Waals surface area contributed by atoms with Gasteiger partial charge in [0.1, 0.15) is 0 Å². The third-order valence-corrected chi connectivity index (χ3v) is 4.76. The summed E-state index contributed by atoms with van der Waals surface area (Å²) in [6, 6.07) is 11.9. The van der Waals surface area contributed by atoms with E-state index in [0.717, 1.165) is 28.2 Å². The molecule has 3 rings (SSSR count). The molecule has 3 heteroatoms. The number of hydrogen-bond acceptors (Lipinski definition) is 2. The van der Waals surface area contributed by atoms with Crippen LogP contribution in [0.1, 0.15) is 25.0 Å². The highest BCUT2D eigenvalue weighted by molar-refractivity contribution is 8.08. The summed E-state index contributed by atoms with van der Waals surface area (Å²) in [5.41, 5.74) is 4.40. The summed E-state index contributed by atoms with van der Waals surface area (Å²) in [6.07, 6.45) is 4.92. The fourth-order valence-electron chi connectivity index (χ4n) is 2.92. The minimum Gasteiger partial charge on any atom is -0.618 e. The van der Waals surface area contributed by atoms with E-state index >= 15 is 0 Å². The second-order valence-electron chi connectivity index (χ2n) is 5.39. The molecule has 0 amide bonds. The number of rotatable bonds is 3. The molecule has 1 aromatic carbocycles. The molecular formula is C18H19NOS. The van der Waals surface area contributed by atoms with Gasteiger partial charge >= 0.3 is 0 Å². The van der Waals surface area contributed by atoms with Crippen molar-refractivity contribution in [3.8, 4) is 11.3 Å². The molecule has 0 bridgehead atoms. The van der Waals surface area contributed by atoms with Gasteiger partial charge in [0.05, 0.1) is 5.56 Å². The SMILES string of the molecule is CCSC1=CC(C)Cc2c1cccc2-c1cccc[n+]1[O-]. The van der Waals surface area contributed by atoms with Crippen LogP contribution in [0.4, 0.5) is 0 Å². The maximum absolute atomic E-state index is 12.1. The van der Waals surface area contributed by atoms with Crippen LogP contribution in [0.3, 0.4) is 0 Å². The predicted octanol–water partition coefficient (Wildman–Crippen LogP) is 4.27. The van der Waals surface area contributed by atoms with Crippen LogP contribution < -0.4 is 4.73 Å². The van der Waals surface area contributed by atoms with Crippen molar-refractivity contribution in [2.45, 2.75) is 20.3 Å². The largest absolute Gasteiger partial charge is 0.618 e. The molecule has 1 aromatic heterocycles. The number of benzene rings is 1. The summed E-state index contributed by atoms with van der Waals surface area (Å²) in [5.74, 6) is 1.58. The average Bonchev–Trinajstić information content (AvgIpc) is 2.48. The summed E-state index contributed by atoms with van der Waals surface area (Å²) in [6.45, 7) is 4.42. The van der Waals surface area contributed by atoms with Crippen LogP contribution in [-0.4, -0.2) is 5.75 Å². The lowest BCUT2D eigenvalue weighted by Gasteiger charge is -2.23. The first-order valence-corrected chi connectivity index (χ1v) is 8.34. The highest BCUT2D eigenvalue weighted by atomic mass is 32.2. The molecule has 2 aromatic rings. The van der Waals surface area contributed by atoms with Gasteiger partial charge in [-0.1, -0.05) is 32.1 Å². The van der Waals surface area contributed by atoms with Gasteiger partial charge in [-0.15, -0.1) is 11.8 Å². The number of allylic oxidation sites excluding steroid dienone is 1. The van der Waals surface area contributed by atoms with Crippen molar-refractivity contribution in [3.05, 3.63) is 65.0 Å². The Bertz CT molecular complexity index is 693. The van der Waals surface area contributed by atoms with Gasteiger partial charge in [-0.05, 0) is 41.4 Å². The molecule has 108 valence electrons. The van der Waals surface area contributed by atoms with Gasteiger partial charge in [-0.3, -0.25) is 0 Å². The number of hydrogen-bond donors (Lipinski definition) is 0. The van der Waals surface area contributed by atoms with Crippen LogP contribution >= 0.6 is 11.8 Å². The van der Waals surface area contributed by atoms with Crippen molar-refractivity contribution >= 4 is 16.7 Å². The molecule has 1 aliphatic carbocycles. The van der Waals surface area contributed by atoms with E-state index in [1.165, 1.54) is 16.0 Å². The number of nitrogens with zero attached hydrogens (tertiary/aromatic N) is 1. The lowest BCUT2D eigenvalue weighted by molar-refractivity contribution is -0.593. The van der Waals surface area contributed by atoms with Crippen LogP contribution in [0.25, 0.3) is 16.2 Å². The second-order valence-corrected chi connectivity index (χ2v) is 6.69. The molecule has 1 atom stereocenters. The van der Waals surface area contributed by atoms with Crippen LogP contribution in [0.15, 0.2) is 48.7 Å². The Labute approximate surface area is 130 Å². The van der Waals surface area contributed by atoms with Crippen LogP contribution in [0.5, 0.6) is 0 Å². The minimum absolute atomic E-state index is 0.511. The van der Waals surface area contributed by atoms with E-state index in [4.69, 9.17) is 0 Å². The topological polar surface area (TPSA) is 26.9 Å². The van der Waals surface area contributed by atoms with Crippen molar-refractivity contribution in [1.29, 1.82) is 0 Å². The molecule has 0 spiro atoms. The number of pyridine rings is 1. The van der Waals surface area contributed by atoms with Gasteiger partial charge in [-0.2, -0.15) is 4.73 Å². The molecule has 0 fully saturated rings. The van der Waals surface area contributed by atoms with Gasteiger partial charge in [0.25, 0.3) is 0 Å². The Hall–Kier alpha value is -1.74. The summed E-state index contributed by atoms with van der Waals surface area (Å²) in [5, 5.41) is 12.1. The number of thioether (sulfide) groups is 1. The highest BCUT2D eigenvalue weighted by Gasteiger charge is 2.22. The van der Waals surface area contributed by atoms with Gasteiger partial charge in [-0.25, -0.2) is 0 Å². The zero-order valence-electron chi connectivity index (χ0n) is 12.4. The summed E-state index contributed by atoms with van der Waals surface area (Å²) in [7, 11) is 0. The van der Waals surface area contributed by atoms with Crippen LogP contribution in [0, 0.1) is 11.1 Å². The molecular weight excluding hydrogens is 278 g/mol. The first-order valence-electron chi connectivity index (χ1n) is 7.36. The Morgan fingerprint density at radius 1 is 1.19 bits per heavy atom. The smallest absolute Gasteiger partial charge is 0.224 e. The molecule has 0 saturated carbocycles. The van der Waals surface area contributed by atoms with E-state index in [1.807, 2.05) is 23.9 Å². The molecule has 0 N–H and O–H groups in total. The molecule has 2 nitrogen and oxygen atoms in total. The van der Waals surface area contributed by atoms with E-state index in [0.29, 0.717) is 5.92 Å². The first-order chi connectivity index (χ1) is 10.2. The van der Waals surface area contributed by atoms with Crippen molar-refractivity contribution in [3.63, 3.8) is 0 Å². The predicted molar refractivity (Wildman–Crippen MR) is 89.8 cm³/mol. The standard InChI is InChI=1S/C18H19NOS/c1-3-21-18-12-13(2)11-16-14(7-6-8-15(16)18)17-9-4-5-10-19(17)20/h4-10,12-13H,3,11H2,1-2H3. The molecule has 0 aliphatic heterocycles. The van der Waals surface area contributed by atoms with Crippen molar-refractivity contribution < 1.29 is 4.73 Å². The average molecular weight is 297 g/mol. The highest BCUT2D eigenvalue weighted by Crippen LogP contribution is 2.40. The summed E-state index contributed by atoms with van der Waals surface area (Å²) < 4.78 is 0.964. The van der Waals surface area contributed by atoms with Gasteiger partial charge in [0, 0.05) is 17.0 Å². The zero-order chi connectivity index (χ0) is 14.8. The zero-order valence-corrected chi connectivity index (χ0v) is 13.2. The molecule has 1 heterocycles. The third-order valence-electron chi connectivity index (χ3n) is 3.80. The number of fused-ring (bicyclic) bond motifs is 1. The van der Waals surface area contributed by atoms with Gasteiger partial charge in [0.15, 0.2) is 6.20 Å². The van der Waals surface area contributed by atoms with Gasteiger partial charge < -0.3 is 5.21 Å². The van der Waals surface area contributed by atoms with Crippen LogP contribution in [-0.2, 0) is 6.42 Å². The lowest BCUT2D eigenvalue weighted by Crippen LogP contribution is -2.28. The molecule has 1 aliphatic rings. The molecule has 21 heavy (non-hydrogen) atoms.